The molecule has 0 aromatic rings. The number of hydrogen-bond acceptors (Lipinski definition) is 4. The Labute approximate surface area is 147 Å². The van der Waals surface area contributed by atoms with Gasteiger partial charge in [0.15, 0.2) is 5.78 Å². The predicted molar refractivity (Wildman–Crippen MR) is 90.7 cm³/mol. The van der Waals surface area contributed by atoms with Crippen LogP contribution >= 0.6 is 0 Å². The molecule has 25 heavy (non-hydrogen) atoms. The van der Waals surface area contributed by atoms with E-state index in [1.807, 2.05) is 19.9 Å². The number of nitrogens with one attached hydrogen (secondary N) is 1. The van der Waals surface area contributed by atoms with Crippen LogP contribution in [0, 0.1) is 11.3 Å². The molecule has 0 aromatic carbocycles. The molecule has 0 aromatic heterocycles. The van der Waals surface area contributed by atoms with Crippen molar-refractivity contribution < 1.29 is 29.8 Å². The molecule has 6 nitrogen and oxygen atoms in total. The molecule has 1 aliphatic heterocycles. The van der Waals surface area contributed by atoms with Crippen molar-refractivity contribution in [2.75, 3.05) is 6.54 Å². The first kappa shape index (κ1) is 18.0. The molecule has 4 N–H and O–H groups in total. The third-order valence-corrected chi connectivity index (χ3v) is 5.69. The van der Waals surface area contributed by atoms with E-state index >= 15 is 0 Å². The molecule has 5 atom stereocenters. The van der Waals surface area contributed by atoms with E-state index in [0.29, 0.717) is 34.6 Å². The number of carbonyl (C=O) groups excluding carboxylic acids is 1. The fourth-order valence-electron chi connectivity index (χ4n) is 4.50. The number of aliphatic hydroxyl groups is 2. The van der Waals surface area contributed by atoms with Gasteiger partial charge in [0.25, 0.3) is 0 Å². The van der Waals surface area contributed by atoms with E-state index in [-0.39, 0.29) is 17.1 Å². The van der Waals surface area contributed by atoms with Crippen molar-refractivity contribution >= 4 is 11.8 Å². The Morgan fingerprint density at radius 2 is 2.00 bits per heavy atom. The minimum absolute atomic E-state index is 0.139. The average molecular weight is 348 g/mol. The lowest BCUT2D eigenvalue weighted by molar-refractivity contribution is -0.864. The summed E-state index contributed by atoms with van der Waals surface area (Å²) in [6.45, 7) is 7.55. The number of fused-ring (bicyclic) bond motifs is 2. The maximum atomic E-state index is 13.0. The van der Waals surface area contributed by atoms with Crippen molar-refractivity contribution in [3.63, 3.8) is 0 Å². The van der Waals surface area contributed by atoms with Crippen LogP contribution in [-0.2, 0) is 9.59 Å². The van der Waals surface area contributed by atoms with Crippen molar-refractivity contribution in [2.24, 2.45) is 11.3 Å². The maximum Gasteiger partial charge on any atom is 0.365 e. The highest BCUT2D eigenvalue weighted by Crippen LogP contribution is 2.52. The largest absolute Gasteiger partial charge is 0.477 e. The number of hydrogen-bond donors (Lipinski definition) is 4. The molecule has 1 fully saturated rings. The molecule has 0 saturated heterocycles. The number of carboxylic acid groups (broad SMARTS) is 1. The summed E-state index contributed by atoms with van der Waals surface area (Å²) >= 11 is 0. The third-order valence-electron chi connectivity index (χ3n) is 5.69. The van der Waals surface area contributed by atoms with Gasteiger partial charge in [-0.2, -0.15) is 0 Å². The smallest absolute Gasteiger partial charge is 0.365 e. The molecule has 3 rings (SSSR count). The zero-order valence-electron chi connectivity index (χ0n) is 15.0. The molecule has 1 heterocycles. The monoisotopic (exact) mass is 348 g/mol. The highest BCUT2D eigenvalue weighted by atomic mass is 16.4. The van der Waals surface area contributed by atoms with Gasteiger partial charge in [-0.3, -0.25) is 9.69 Å². The summed E-state index contributed by atoms with van der Waals surface area (Å²) in [6, 6.07) is -1.06. The minimum Gasteiger partial charge on any atom is -0.477 e. The van der Waals surface area contributed by atoms with E-state index in [0.717, 1.165) is 0 Å². The number of ketones is 1. The first-order chi connectivity index (χ1) is 11.5. The SMILES string of the molecule is C[C@@H](O)[C@@H](C(=O)O)[NH+]1C=C2C(=O)C3=CC(C)(C)C[C@@H]3[C@@](C)(O)C2=CC1. The Bertz CT molecular complexity index is 726. The van der Waals surface area contributed by atoms with E-state index in [1.165, 1.54) is 6.92 Å². The van der Waals surface area contributed by atoms with Gasteiger partial charge in [-0.15, -0.1) is 0 Å². The number of quaternary nitrogens is 1. The van der Waals surface area contributed by atoms with Crippen LogP contribution in [0.3, 0.4) is 0 Å². The highest BCUT2D eigenvalue weighted by Gasteiger charge is 2.54. The number of rotatable bonds is 3. The van der Waals surface area contributed by atoms with Gasteiger partial charge < -0.3 is 15.3 Å². The average Bonchev–Trinajstić information content (AvgIpc) is 2.81. The normalized spacial score (nSPS) is 35.8. The van der Waals surface area contributed by atoms with Gasteiger partial charge in [-0.05, 0) is 31.8 Å². The molecular weight excluding hydrogens is 322 g/mol. The fourth-order valence-corrected chi connectivity index (χ4v) is 4.50. The lowest BCUT2D eigenvalue weighted by Crippen LogP contribution is -3.14. The molecule has 0 spiro atoms. The quantitative estimate of drug-likeness (QED) is 0.568. The number of carbonyl (C=O) groups is 2. The molecule has 0 amide bonds. The molecule has 1 saturated carbocycles. The predicted octanol–water partition coefficient (Wildman–Crippen LogP) is -0.165. The molecule has 3 aliphatic rings. The van der Waals surface area contributed by atoms with Crippen molar-refractivity contribution in [1.29, 1.82) is 0 Å². The molecule has 6 heteroatoms. The van der Waals surface area contributed by atoms with Gasteiger partial charge in [0, 0.05) is 17.1 Å². The second-order valence-electron chi connectivity index (χ2n) is 8.33. The molecule has 0 radical (unpaired) electrons. The minimum atomic E-state index is -1.16. The summed E-state index contributed by atoms with van der Waals surface area (Å²) in [5.74, 6) is -1.50. The first-order valence-electron chi connectivity index (χ1n) is 8.65. The van der Waals surface area contributed by atoms with Crippen LogP contribution in [0.1, 0.15) is 34.1 Å². The van der Waals surface area contributed by atoms with Gasteiger partial charge in [0.1, 0.15) is 18.8 Å². The van der Waals surface area contributed by atoms with Crippen molar-refractivity contribution in [3.05, 3.63) is 35.1 Å². The summed E-state index contributed by atoms with van der Waals surface area (Å²) in [6.07, 6.45) is 4.90. The topological polar surface area (TPSA) is 99.3 Å². The standard InChI is InChI=1S/C19H25NO5/c1-10(21)15(17(23)24)20-6-5-13-12(9-20)16(22)11-7-18(2,3)8-14(11)19(13,4)25/h5,7,9-10,14-15,21,25H,6,8H2,1-4H3,(H,23,24)/p+1/t10-,14+,15+,19+/m1/s1. The van der Waals surface area contributed by atoms with Crippen molar-refractivity contribution in [3.8, 4) is 0 Å². The second-order valence-corrected chi connectivity index (χ2v) is 8.33. The number of Topliss-reactive ketones (excluding diaryl/α,β-unsaturated/α-hetero) is 1. The van der Waals surface area contributed by atoms with Gasteiger partial charge >= 0.3 is 5.97 Å². The Hall–Kier alpha value is -1.76. The molecule has 0 bridgehead atoms. The van der Waals surface area contributed by atoms with E-state index < -0.39 is 23.7 Å². The molecule has 1 unspecified atom stereocenters. The van der Waals surface area contributed by atoms with Crippen LogP contribution in [0.2, 0.25) is 0 Å². The second kappa shape index (κ2) is 5.62. The van der Waals surface area contributed by atoms with Gasteiger partial charge in [-0.1, -0.05) is 19.9 Å². The zero-order chi connectivity index (χ0) is 18.7. The van der Waals surface area contributed by atoms with Gasteiger partial charge in [0.05, 0.1) is 11.2 Å². The summed E-state index contributed by atoms with van der Waals surface area (Å²) in [5, 5.41) is 30.4. The van der Waals surface area contributed by atoms with E-state index in [9.17, 15) is 24.9 Å². The van der Waals surface area contributed by atoms with Gasteiger partial charge in [-0.25, -0.2) is 4.79 Å². The number of aliphatic hydroxyl groups excluding tert-OH is 1. The maximum absolute atomic E-state index is 13.0. The molecule has 136 valence electrons. The van der Waals surface area contributed by atoms with Crippen LogP contribution in [0.4, 0.5) is 0 Å². The zero-order valence-corrected chi connectivity index (χ0v) is 15.0. The van der Waals surface area contributed by atoms with Crippen molar-refractivity contribution in [2.45, 2.75) is 51.9 Å². The first-order valence-corrected chi connectivity index (χ1v) is 8.65. The van der Waals surface area contributed by atoms with Crippen LogP contribution in [0.25, 0.3) is 0 Å². The van der Waals surface area contributed by atoms with E-state index in [1.54, 1.807) is 19.2 Å². The van der Waals surface area contributed by atoms with Crippen LogP contribution in [-0.4, -0.2) is 51.4 Å². The lowest BCUT2D eigenvalue weighted by atomic mass is 9.67. The third kappa shape index (κ3) is 2.78. The van der Waals surface area contributed by atoms with E-state index in [2.05, 4.69) is 0 Å². The highest BCUT2D eigenvalue weighted by molar-refractivity contribution is 6.14. The van der Waals surface area contributed by atoms with Crippen LogP contribution in [0.5, 0.6) is 0 Å². The van der Waals surface area contributed by atoms with Crippen LogP contribution < -0.4 is 4.90 Å². The molecular formula is C19H26NO5+. The van der Waals surface area contributed by atoms with Gasteiger partial charge in [0.2, 0.25) is 6.04 Å². The Balaban J connectivity index is 2.05. The Kier molecular flexibility index (Phi) is 4.06. The summed E-state index contributed by atoms with van der Waals surface area (Å²) in [5.41, 5.74) is 0.232. The summed E-state index contributed by atoms with van der Waals surface area (Å²) < 4.78 is 0. The number of aliphatic carboxylic acids is 1. The number of carboxylic acids is 1. The Morgan fingerprint density at radius 3 is 2.56 bits per heavy atom. The number of allylic oxidation sites excluding steroid dienone is 1. The lowest BCUT2D eigenvalue weighted by Gasteiger charge is -2.41. The van der Waals surface area contributed by atoms with Crippen LogP contribution in [0.15, 0.2) is 35.1 Å². The Morgan fingerprint density at radius 1 is 1.36 bits per heavy atom. The fraction of sp³-hybridized carbons (Fsp3) is 0.579. The van der Waals surface area contributed by atoms with E-state index in [4.69, 9.17) is 0 Å². The summed E-state index contributed by atoms with van der Waals surface area (Å²) in [7, 11) is 0. The summed E-state index contributed by atoms with van der Waals surface area (Å²) in [4.78, 5) is 25.0. The molecule has 2 aliphatic carbocycles. The van der Waals surface area contributed by atoms with Crippen molar-refractivity contribution in [1.82, 2.24) is 0 Å².